The lowest BCUT2D eigenvalue weighted by Gasteiger charge is -2.31. The van der Waals surface area contributed by atoms with Crippen molar-refractivity contribution in [1.29, 1.82) is 0 Å². The lowest BCUT2D eigenvalue weighted by Crippen LogP contribution is -2.49. The summed E-state index contributed by atoms with van der Waals surface area (Å²) in [5, 5.41) is 6.70. The first kappa shape index (κ1) is 25.9. The van der Waals surface area contributed by atoms with Crippen LogP contribution in [0.1, 0.15) is 36.9 Å². The van der Waals surface area contributed by atoms with E-state index in [-0.39, 0.29) is 35.3 Å². The van der Waals surface area contributed by atoms with Gasteiger partial charge in [-0.2, -0.15) is 0 Å². The number of carbonyl (C=O) groups excluding carboxylic acids is 1. The Morgan fingerprint density at radius 2 is 1.84 bits per heavy atom. The average molecular weight is 551 g/mol. The zero-order chi connectivity index (χ0) is 22.1. The van der Waals surface area contributed by atoms with Gasteiger partial charge in [0.1, 0.15) is 12.4 Å². The minimum atomic E-state index is -0.326. The van der Waals surface area contributed by atoms with Gasteiger partial charge in [-0.3, -0.25) is 14.8 Å². The second-order valence-corrected chi connectivity index (χ2v) is 8.22. The second kappa shape index (κ2) is 12.6. The quantitative estimate of drug-likeness (QED) is 0.298. The van der Waals surface area contributed by atoms with Crippen LogP contribution in [0.15, 0.2) is 53.7 Å². The number of nitrogens with one attached hydrogen (secondary N) is 2. The first-order chi connectivity index (χ1) is 15.0. The van der Waals surface area contributed by atoms with Gasteiger partial charge in [-0.1, -0.05) is 31.0 Å². The third kappa shape index (κ3) is 7.08. The minimum Gasteiger partial charge on any atom is -0.487 e. The highest BCUT2D eigenvalue weighted by molar-refractivity contribution is 14.0. The van der Waals surface area contributed by atoms with Crippen molar-refractivity contribution < 1.29 is 9.53 Å². The van der Waals surface area contributed by atoms with Gasteiger partial charge in [0.2, 0.25) is 5.91 Å². The van der Waals surface area contributed by atoms with Crippen molar-refractivity contribution in [2.24, 2.45) is 10.4 Å². The highest BCUT2D eigenvalue weighted by Gasteiger charge is 2.42. The molecule has 0 unspecified atom stereocenters. The Morgan fingerprint density at radius 1 is 1.12 bits per heavy atom. The number of rotatable bonds is 8. The molecule has 0 atom stereocenters. The molecule has 1 heterocycles. The monoisotopic (exact) mass is 551 g/mol. The topological polar surface area (TPSA) is 78.9 Å². The summed E-state index contributed by atoms with van der Waals surface area (Å²) in [6, 6.07) is 13.8. The van der Waals surface area contributed by atoms with Crippen LogP contribution in [0, 0.1) is 5.41 Å². The number of benzene rings is 1. The number of amides is 1. The summed E-state index contributed by atoms with van der Waals surface area (Å²) in [4.78, 5) is 23.0. The normalized spacial score (nSPS) is 14.9. The summed E-state index contributed by atoms with van der Waals surface area (Å²) in [6.45, 7) is 1.68. The van der Waals surface area contributed by atoms with Crippen molar-refractivity contribution in [3.8, 4) is 5.75 Å². The number of carbonyl (C=O) groups is 1. The smallest absolute Gasteiger partial charge is 0.230 e. The predicted octanol–water partition coefficient (Wildman–Crippen LogP) is 3.59. The van der Waals surface area contributed by atoms with Crippen LogP contribution >= 0.6 is 24.0 Å². The number of hydrogen-bond acceptors (Lipinski definition) is 4. The van der Waals surface area contributed by atoms with E-state index in [1.807, 2.05) is 56.6 Å². The lowest BCUT2D eigenvalue weighted by atomic mass is 9.84. The average Bonchev–Trinajstić information content (AvgIpc) is 3.28. The second-order valence-electron chi connectivity index (χ2n) is 8.22. The fourth-order valence-corrected chi connectivity index (χ4v) is 4.00. The number of pyridine rings is 1. The van der Waals surface area contributed by atoms with Crippen LogP contribution in [0.4, 0.5) is 0 Å². The Labute approximate surface area is 208 Å². The molecular formula is C24H34IN5O2. The van der Waals surface area contributed by atoms with E-state index in [2.05, 4.69) is 20.6 Å². The van der Waals surface area contributed by atoms with Gasteiger partial charge in [0.05, 0.1) is 11.1 Å². The zero-order valence-electron chi connectivity index (χ0n) is 19.1. The molecule has 8 heteroatoms. The van der Waals surface area contributed by atoms with E-state index in [1.165, 1.54) is 0 Å². The number of halogens is 1. The van der Waals surface area contributed by atoms with Gasteiger partial charge in [0.15, 0.2) is 5.96 Å². The number of aromatic nitrogens is 1. The van der Waals surface area contributed by atoms with Crippen LogP contribution in [-0.4, -0.2) is 49.4 Å². The Morgan fingerprint density at radius 3 is 2.44 bits per heavy atom. The van der Waals surface area contributed by atoms with Crippen LogP contribution in [0.5, 0.6) is 5.75 Å². The molecule has 1 aromatic carbocycles. The molecular weight excluding hydrogens is 517 g/mol. The highest BCUT2D eigenvalue weighted by Crippen LogP contribution is 2.38. The number of ether oxygens (including phenoxy) is 1. The molecule has 7 nitrogen and oxygen atoms in total. The van der Waals surface area contributed by atoms with E-state index in [4.69, 9.17) is 4.74 Å². The maximum atomic E-state index is 12.7. The third-order valence-electron chi connectivity index (χ3n) is 5.73. The number of hydrogen-bond donors (Lipinski definition) is 2. The summed E-state index contributed by atoms with van der Waals surface area (Å²) < 4.78 is 5.79. The largest absolute Gasteiger partial charge is 0.487 e. The van der Waals surface area contributed by atoms with E-state index < -0.39 is 0 Å². The van der Waals surface area contributed by atoms with Crippen LogP contribution < -0.4 is 15.4 Å². The van der Waals surface area contributed by atoms with E-state index in [0.717, 1.165) is 42.7 Å². The van der Waals surface area contributed by atoms with Crippen LogP contribution in [-0.2, 0) is 17.9 Å². The van der Waals surface area contributed by atoms with E-state index in [1.54, 1.807) is 18.1 Å². The fraction of sp³-hybridized carbons (Fsp3) is 0.458. The van der Waals surface area contributed by atoms with Crippen molar-refractivity contribution in [2.45, 2.75) is 38.8 Å². The van der Waals surface area contributed by atoms with Gasteiger partial charge >= 0.3 is 0 Å². The van der Waals surface area contributed by atoms with Crippen molar-refractivity contribution in [3.05, 3.63) is 59.9 Å². The SMILES string of the molecule is CN=C(NCc1ccc(OCc2ccccn2)cc1)NCC1(C(=O)N(C)C)CCCC1.I. The summed E-state index contributed by atoms with van der Waals surface area (Å²) in [5.74, 6) is 1.71. The molecule has 1 amide bonds. The molecule has 174 valence electrons. The van der Waals surface area contributed by atoms with Gasteiger partial charge in [-0.25, -0.2) is 0 Å². The fourth-order valence-electron chi connectivity index (χ4n) is 4.00. The van der Waals surface area contributed by atoms with Crippen LogP contribution in [0.2, 0.25) is 0 Å². The van der Waals surface area contributed by atoms with Crippen molar-refractivity contribution in [3.63, 3.8) is 0 Å². The Kier molecular flexibility index (Phi) is 10.2. The van der Waals surface area contributed by atoms with Crippen molar-refractivity contribution in [1.82, 2.24) is 20.5 Å². The maximum Gasteiger partial charge on any atom is 0.230 e. The standard InChI is InChI=1S/C24H33N5O2.HI/c1-25-23(28-18-24(13-5-6-14-24)22(30)29(2)3)27-16-19-9-11-21(12-10-19)31-17-20-8-4-7-15-26-20;/h4,7-12,15H,5-6,13-14,16-18H2,1-3H3,(H2,25,27,28);1H. The van der Waals surface area contributed by atoms with E-state index >= 15 is 0 Å². The molecule has 1 aliphatic carbocycles. The lowest BCUT2D eigenvalue weighted by molar-refractivity contribution is -0.138. The Bertz CT molecular complexity index is 866. The Hall–Kier alpha value is -2.36. The maximum absolute atomic E-state index is 12.7. The predicted molar refractivity (Wildman–Crippen MR) is 138 cm³/mol. The summed E-state index contributed by atoms with van der Waals surface area (Å²) in [6.07, 6.45) is 5.81. The van der Waals surface area contributed by atoms with Crippen molar-refractivity contribution >= 4 is 35.8 Å². The zero-order valence-corrected chi connectivity index (χ0v) is 21.5. The molecule has 0 saturated heterocycles. The van der Waals surface area contributed by atoms with Gasteiger partial charge in [-0.15, -0.1) is 24.0 Å². The summed E-state index contributed by atoms with van der Waals surface area (Å²) in [7, 11) is 5.41. The minimum absolute atomic E-state index is 0. The number of nitrogens with zero attached hydrogens (tertiary/aromatic N) is 3. The molecule has 2 N–H and O–H groups in total. The molecule has 0 radical (unpaired) electrons. The molecule has 3 rings (SSSR count). The van der Waals surface area contributed by atoms with Gasteiger partial charge in [0, 0.05) is 40.4 Å². The number of guanidine groups is 1. The van der Waals surface area contributed by atoms with Gasteiger partial charge < -0.3 is 20.3 Å². The van der Waals surface area contributed by atoms with Gasteiger partial charge in [-0.05, 0) is 42.7 Å². The van der Waals surface area contributed by atoms with Gasteiger partial charge in [0.25, 0.3) is 0 Å². The van der Waals surface area contributed by atoms with Crippen molar-refractivity contribution in [2.75, 3.05) is 27.7 Å². The molecule has 1 aliphatic rings. The first-order valence-electron chi connectivity index (χ1n) is 10.8. The summed E-state index contributed by atoms with van der Waals surface area (Å²) >= 11 is 0. The van der Waals surface area contributed by atoms with E-state index in [9.17, 15) is 4.79 Å². The highest BCUT2D eigenvalue weighted by atomic mass is 127. The summed E-state index contributed by atoms with van der Waals surface area (Å²) in [5.41, 5.74) is 1.69. The van der Waals surface area contributed by atoms with Crippen LogP contribution in [0.3, 0.4) is 0 Å². The molecule has 1 saturated carbocycles. The molecule has 0 spiro atoms. The number of aliphatic imine (C=N–C) groups is 1. The third-order valence-corrected chi connectivity index (χ3v) is 5.73. The molecule has 2 aromatic rings. The molecule has 32 heavy (non-hydrogen) atoms. The first-order valence-corrected chi connectivity index (χ1v) is 10.8. The molecule has 0 aliphatic heterocycles. The Balaban J connectivity index is 0.00000363. The van der Waals surface area contributed by atoms with Crippen LogP contribution in [0.25, 0.3) is 0 Å². The molecule has 1 aromatic heterocycles. The molecule has 0 bridgehead atoms. The molecule has 1 fully saturated rings. The van der Waals surface area contributed by atoms with E-state index in [0.29, 0.717) is 25.7 Å².